The Morgan fingerprint density at radius 1 is 1.17 bits per heavy atom. The van der Waals surface area contributed by atoms with Gasteiger partial charge in [0.2, 0.25) is 6.79 Å². The number of rotatable bonds is 1. The summed E-state index contributed by atoms with van der Waals surface area (Å²) in [6.45, 7) is 0.242. The lowest BCUT2D eigenvalue weighted by atomic mass is 10.1. The second kappa shape index (κ2) is 5.14. The fourth-order valence-corrected chi connectivity index (χ4v) is 4.08. The van der Waals surface area contributed by atoms with Gasteiger partial charge in [0.15, 0.2) is 11.5 Å². The number of fused-ring (bicyclic) bond motifs is 4. The Balaban J connectivity index is 1.51. The number of ether oxygens (including phenoxy) is 2. The summed E-state index contributed by atoms with van der Waals surface area (Å²) in [6, 6.07) is 13.4. The van der Waals surface area contributed by atoms with Crippen molar-refractivity contribution < 1.29 is 14.3 Å². The molecule has 0 saturated carbocycles. The zero-order valence-electron chi connectivity index (χ0n) is 12.5. The molecule has 1 unspecified atom stereocenters. The zero-order valence-corrected chi connectivity index (χ0v) is 13.3. The van der Waals surface area contributed by atoms with Crippen molar-refractivity contribution in [2.24, 2.45) is 4.99 Å². The number of benzene rings is 2. The van der Waals surface area contributed by atoms with E-state index in [4.69, 9.17) is 9.47 Å². The molecule has 0 radical (unpaired) electrons. The highest BCUT2D eigenvalue weighted by molar-refractivity contribution is 8.06. The van der Waals surface area contributed by atoms with Crippen LogP contribution in [0, 0.1) is 0 Å². The average molecular weight is 336 g/mol. The summed E-state index contributed by atoms with van der Waals surface area (Å²) < 4.78 is 10.7. The largest absolute Gasteiger partial charge is 0.454 e. The standard InChI is InChI=1S/C18H12N2O3S/c21-18-16(8-11-5-6-14-15(7-11)23-10-22-14)24-17-9-19-12-3-1-2-4-13(12)20(17)18/h1-9,17H,10H2/b16-8-. The molecule has 118 valence electrons. The van der Waals surface area contributed by atoms with Gasteiger partial charge in [-0.15, -0.1) is 0 Å². The van der Waals surface area contributed by atoms with Gasteiger partial charge in [0, 0.05) is 6.21 Å². The predicted molar refractivity (Wildman–Crippen MR) is 94.0 cm³/mol. The highest BCUT2D eigenvalue weighted by Gasteiger charge is 2.39. The number of amides is 1. The van der Waals surface area contributed by atoms with Crippen LogP contribution in [0.3, 0.4) is 0 Å². The van der Waals surface area contributed by atoms with Crippen molar-refractivity contribution >= 4 is 41.3 Å². The summed E-state index contributed by atoms with van der Waals surface area (Å²) in [4.78, 5) is 19.8. The minimum atomic E-state index is -0.0901. The zero-order chi connectivity index (χ0) is 16.1. The third kappa shape index (κ3) is 2.03. The Kier molecular flexibility index (Phi) is 2.93. The molecule has 1 atom stereocenters. The lowest BCUT2D eigenvalue weighted by Gasteiger charge is -2.25. The normalized spacial score (nSPS) is 22.0. The van der Waals surface area contributed by atoms with Crippen LogP contribution in [0.4, 0.5) is 11.4 Å². The minimum absolute atomic E-state index is 0.00117. The Morgan fingerprint density at radius 3 is 3.00 bits per heavy atom. The molecule has 6 heteroatoms. The van der Waals surface area contributed by atoms with Crippen LogP contribution >= 0.6 is 11.8 Å². The highest BCUT2D eigenvalue weighted by atomic mass is 32.2. The monoisotopic (exact) mass is 336 g/mol. The molecule has 24 heavy (non-hydrogen) atoms. The SMILES string of the molecule is O=C1/C(=C/c2ccc3c(c2)OCO3)SC2C=Nc3ccccc3N12. The van der Waals surface area contributed by atoms with E-state index >= 15 is 0 Å². The van der Waals surface area contributed by atoms with E-state index in [9.17, 15) is 4.79 Å². The van der Waals surface area contributed by atoms with Gasteiger partial charge in [-0.05, 0) is 35.9 Å². The summed E-state index contributed by atoms with van der Waals surface area (Å²) in [7, 11) is 0. The van der Waals surface area contributed by atoms with Crippen LogP contribution in [0.15, 0.2) is 52.4 Å². The Morgan fingerprint density at radius 2 is 2.04 bits per heavy atom. The Labute approximate surface area is 142 Å². The lowest BCUT2D eigenvalue weighted by molar-refractivity contribution is -0.114. The number of hydrogen-bond donors (Lipinski definition) is 0. The van der Waals surface area contributed by atoms with Gasteiger partial charge in [-0.25, -0.2) is 0 Å². The van der Waals surface area contributed by atoms with Crippen LogP contribution < -0.4 is 14.4 Å². The minimum Gasteiger partial charge on any atom is -0.454 e. The molecule has 1 fully saturated rings. The number of thioether (sulfide) groups is 1. The van der Waals surface area contributed by atoms with E-state index in [0.717, 1.165) is 22.7 Å². The van der Waals surface area contributed by atoms with E-state index in [-0.39, 0.29) is 18.1 Å². The fourth-order valence-electron chi connectivity index (χ4n) is 2.98. The van der Waals surface area contributed by atoms with E-state index in [1.54, 1.807) is 4.90 Å². The molecule has 1 saturated heterocycles. The summed E-state index contributed by atoms with van der Waals surface area (Å²) in [5, 5.41) is -0.0901. The van der Waals surface area contributed by atoms with Crippen LogP contribution in [-0.4, -0.2) is 24.3 Å². The fraction of sp³-hybridized carbons (Fsp3) is 0.111. The molecule has 3 heterocycles. The molecule has 0 aromatic heterocycles. The van der Waals surface area contributed by atoms with Crippen molar-refractivity contribution in [1.82, 2.24) is 0 Å². The maximum atomic E-state index is 12.9. The van der Waals surface area contributed by atoms with Crippen LogP contribution in [-0.2, 0) is 4.79 Å². The van der Waals surface area contributed by atoms with Gasteiger partial charge in [-0.1, -0.05) is 30.0 Å². The third-order valence-electron chi connectivity index (χ3n) is 4.11. The molecule has 0 N–H and O–H groups in total. The molecule has 5 rings (SSSR count). The molecule has 5 nitrogen and oxygen atoms in total. The summed E-state index contributed by atoms with van der Waals surface area (Å²) in [5.41, 5.74) is 2.60. The first-order chi connectivity index (χ1) is 11.8. The first-order valence-electron chi connectivity index (χ1n) is 7.54. The van der Waals surface area contributed by atoms with Crippen LogP contribution in [0.2, 0.25) is 0 Å². The third-order valence-corrected chi connectivity index (χ3v) is 5.23. The van der Waals surface area contributed by atoms with Gasteiger partial charge in [0.25, 0.3) is 5.91 Å². The number of aliphatic imine (C=N–C) groups is 1. The topological polar surface area (TPSA) is 51.1 Å². The Hall–Kier alpha value is -2.73. The summed E-state index contributed by atoms with van der Waals surface area (Å²) in [6.07, 6.45) is 3.72. The summed E-state index contributed by atoms with van der Waals surface area (Å²) >= 11 is 1.51. The van der Waals surface area contributed by atoms with E-state index in [0.29, 0.717) is 10.7 Å². The number of carbonyl (C=O) groups excluding carboxylic acids is 1. The number of nitrogens with zero attached hydrogens (tertiary/aromatic N) is 2. The Bertz CT molecular complexity index is 922. The second-order valence-electron chi connectivity index (χ2n) is 5.57. The van der Waals surface area contributed by atoms with E-state index < -0.39 is 0 Å². The molecule has 3 aliphatic rings. The van der Waals surface area contributed by atoms with Crippen molar-refractivity contribution in [3.8, 4) is 11.5 Å². The quantitative estimate of drug-likeness (QED) is 0.747. The summed E-state index contributed by atoms with van der Waals surface area (Å²) in [5.74, 6) is 1.45. The number of hydrogen-bond acceptors (Lipinski definition) is 5. The first kappa shape index (κ1) is 13.7. The van der Waals surface area contributed by atoms with Crippen LogP contribution in [0.5, 0.6) is 11.5 Å². The van der Waals surface area contributed by atoms with Crippen molar-refractivity contribution in [1.29, 1.82) is 0 Å². The molecule has 0 aliphatic carbocycles. The van der Waals surface area contributed by atoms with E-state index in [1.807, 2.05) is 54.8 Å². The first-order valence-corrected chi connectivity index (χ1v) is 8.42. The van der Waals surface area contributed by atoms with Gasteiger partial charge < -0.3 is 9.47 Å². The van der Waals surface area contributed by atoms with Gasteiger partial charge in [-0.2, -0.15) is 0 Å². The van der Waals surface area contributed by atoms with E-state index in [1.165, 1.54) is 11.8 Å². The molecule has 2 aromatic rings. The van der Waals surface area contributed by atoms with Gasteiger partial charge in [-0.3, -0.25) is 14.7 Å². The van der Waals surface area contributed by atoms with E-state index in [2.05, 4.69) is 4.99 Å². The molecular formula is C18H12N2O3S. The van der Waals surface area contributed by atoms with Crippen LogP contribution in [0.25, 0.3) is 6.08 Å². The average Bonchev–Trinajstić information content (AvgIpc) is 3.19. The molecule has 0 spiro atoms. The smallest absolute Gasteiger partial charge is 0.266 e. The molecule has 2 aromatic carbocycles. The van der Waals surface area contributed by atoms with Gasteiger partial charge in [0.05, 0.1) is 16.3 Å². The maximum Gasteiger partial charge on any atom is 0.266 e. The molecule has 3 aliphatic heterocycles. The van der Waals surface area contributed by atoms with Crippen molar-refractivity contribution in [2.45, 2.75) is 5.37 Å². The highest BCUT2D eigenvalue weighted by Crippen LogP contribution is 2.44. The lowest BCUT2D eigenvalue weighted by Crippen LogP contribution is -2.34. The van der Waals surface area contributed by atoms with Crippen molar-refractivity contribution in [2.75, 3.05) is 11.7 Å². The van der Waals surface area contributed by atoms with Crippen LogP contribution in [0.1, 0.15) is 5.56 Å². The number of carbonyl (C=O) groups is 1. The maximum absolute atomic E-state index is 12.9. The molecule has 1 amide bonds. The second-order valence-corrected chi connectivity index (χ2v) is 6.73. The number of para-hydroxylation sites is 2. The van der Waals surface area contributed by atoms with Crippen molar-refractivity contribution in [3.63, 3.8) is 0 Å². The molecular weight excluding hydrogens is 324 g/mol. The number of anilines is 1. The van der Waals surface area contributed by atoms with Crippen molar-refractivity contribution in [3.05, 3.63) is 52.9 Å². The van der Waals surface area contributed by atoms with Gasteiger partial charge in [0.1, 0.15) is 5.37 Å². The molecule has 0 bridgehead atoms. The van der Waals surface area contributed by atoms with Gasteiger partial charge >= 0.3 is 0 Å². The predicted octanol–water partition coefficient (Wildman–Crippen LogP) is 3.58.